The number of amides is 1. The summed E-state index contributed by atoms with van der Waals surface area (Å²) in [5.74, 6) is 2.40. The molecule has 0 bridgehead atoms. The maximum Gasteiger partial charge on any atom is 0.226 e. The number of benzene rings is 1. The number of halogens is 2. The van der Waals surface area contributed by atoms with Gasteiger partial charge in [0.2, 0.25) is 5.91 Å². The molecule has 1 aromatic heterocycles. The summed E-state index contributed by atoms with van der Waals surface area (Å²) in [7, 11) is 1.64. The van der Waals surface area contributed by atoms with E-state index in [1.54, 1.807) is 13.3 Å². The summed E-state index contributed by atoms with van der Waals surface area (Å²) in [4.78, 5) is 23.4. The third-order valence-electron chi connectivity index (χ3n) is 8.58. The number of rotatable bonds is 5. The molecule has 188 valence electrons. The molecule has 6 nitrogen and oxygen atoms in total. The number of anilines is 1. The van der Waals surface area contributed by atoms with Gasteiger partial charge in [-0.15, -0.1) is 11.3 Å². The standard InChI is InChI=1S/C26H31I2N3O3S/c1-13-12-29-25(35-13)30-21(32)7-4-14-10-20(31-34-3)26(2)9-8-15-16(22(14)26)5-6-17-18(15)11-19(27)24(33)23(17)28/h11-12,14-16,22,33H,4-10H2,1-3H3,(H,29,30,32)/b31-20+/t14-,15?,16?,22?,26-/m1/s1. The van der Waals surface area contributed by atoms with Crippen molar-refractivity contribution in [3.8, 4) is 5.75 Å². The molecular weight excluding hydrogens is 688 g/mol. The first kappa shape index (κ1) is 25.7. The number of thiazole rings is 1. The lowest BCUT2D eigenvalue weighted by molar-refractivity contribution is -0.116. The van der Waals surface area contributed by atoms with Gasteiger partial charge in [0.05, 0.1) is 12.9 Å². The Labute approximate surface area is 238 Å². The molecule has 5 rings (SSSR count). The fraction of sp³-hybridized carbons (Fsp3) is 0.577. The smallest absolute Gasteiger partial charge is 0.226 e. The van der Waals surface area contributed by atoms with E-state index in [0.717, 1.165) is 50.5 Å². The number of phenols is 1. The molecule has 0 aliphatic heterocycles. The maximum atomic E-state index is 12.8. The second kappa shape index (κ2) is 10.1. The Morgan fingerprint density at radius 1 is 1.40 bits per heavy atom. The van der Waals surface area contributed by atoms with Crippen molar-refractivity contribution in [2.75, 3.05) is 12.4 Å². The molecule has 3 aliphatic carbocycles. The minimum absolute atomic E-state index is 0.0134. The first-order chi connectivity index (χ1) is 16.7. The molecular formula is C26H31I2N3O3S. The number of nitrogens with zero attached hydrogens (tertiary/aromatic N) is 2. The Bertz CT molecular complexity index is 1180. The molecule has 9 heteroatoms. The third-order valence-corrected chi connectivity index (χ3v) is 11.4. The van der Waals surface area contributed by atoms with Gasteiger partial charge in [-0.3, -0.25) is 4.79 Å². The number of nitrogens with one attached hydrogen (secondary N) is 1. The quantitative estimate of drug-likeness (QED) is 0.261. The number of hydrogen-bond acceptors (Lipinski definition) is 6. The van der Waals surface area contributed by atoms with Crippen LogP contribution in [0.15, 0.2) is 17.4 Å². The highest BCUT2D eigenvalue weighted by molar-refractivity contribution is 14.1. The van der Waals surface area contributed by atoms with Crippen molar-refractivity contribution in [2.24, 2.45) is 28.3 Å². The Kier molecular flexibility index (Phi) is 7.39. The Hall–Kier alpha value is -0.950. The lowest BCUT2D eigenvalue weighted by Gasteiger charge is -2.50. The summed E-state index contributed by atoms with van der Waals surface area (Å²) in [6.07, 6.45) is 8.36. The van der Waals surface area contributed by atoms with E-state index in [-0.39, 0.29) is 11.3 Å². The number of aryl methyl sites for hydroxylation is 1. The predicted molar refractivity (Wildman–Crippen MR) is 156 cm³/mol. The van der Waals surface area contributed by atoms with E-state index in [0.29, 0.717) is 41.0 Å². The zero-order valence-electron chi connectivity index (χ0n) is 20.2. The third kappa shape index (κ3) is 4.62. The summed E-state index contributed by atoms with van der Waals surface area (Å²) in [5.41, 5.74) is 3.96. The van der Waals surface area contributed by atoms with Crippen molar-refractivity contribution in [1.82, 2.24) is 4.98 Å². The lowest BCUT2D eigenvalue weighted by atomic mass is 9.54. The Balaban J connectivity index is 1.41. The van der Waals surface area contributed by atoms with Crippen molar-refractivity contribution in [1.29, 1.82) is 0 Å². The van der Waals surface area contributed by atoms with E-state index in [2.05, 4.69) is 73.6 Å². The lowest BCUT2D eigenvalue weighted by Crippen LogP contribution is -2.44. The highest BCUT2D eigenvalue weighted by atomic mass is 127. The Morgan fingerprint density at radius 2 is 2.20 bits per heavy atom. The van der Waals surface area contributed by atoms with Gasteiger partial charge in [0.1, 0.15) is 12.9 Å². The number of hydrogen-bond donors (Lipinski definition) is 2. The summed E-state index contributed by atoms with van der Waals surface area (Å²) < 4.78 is 1.97. The zero-order valence-corrected chi connectivity index (χ0v) is 25.4. The molecule has 5 atom stereocenters. The summed E-state index contributed by atoms with van der Waals surface area (Å²) in [6, 6.07) is 2.23. The number of aromatic hydroxyl groups is 1. The van der Waals surface area contributed by atoms with Gasteiger partial charge in [-0.25, -0.2) is 4.98 Å². The minimum Gasteiger partial charge on any atom is -0.506 e. The van der Waals surface area contributed by atoms with Crippen LogP contribution in [0.2, 0.25) is 0 Å². The fourth-order valence-electron chi connectivity index (χ4n) is 7.15. The van der Waals surface area contributed by atoms with Crippen molar-refractivity contribution in [3.63, 3.8) is 0 Å². The van der Waals surface area contributed by atoms with Crippen LogP contribution in [0.25, 0.3) is 0 Å². The molecule has 0 saturated heterocycles. The van der Waals surface area contributed by atoms with E-state index >= 15 is 0 Å². The normalized spacial score (nSPS) is 30.5. The minimum atomic E-state index is 0.0134. The molecule has 1 heterocycles. The first-order valence-corrected chi connectivity index (χ1v) is 15.2. The monoisotopic (exact) mass is 719 g/mol. The van der Waals surface area contributed by atoms with E-state index in [4.69, 9.17) is 4.84 Å². The summed E-state index contributed by atoms with van der Waals surface area (Å²) >= 11 is 6.10. The molecule has 1 amide bonds. The molecule has 1 aromatic carbocycles. The highest BCUT2D eigenvalue weighted by Crippen LogP contribution is 2.63. The van der Waals surface area contributed by atoms with Crippen molar-refractivity contribution in [3.05, 3.63) is 35.4 Å². The predicted octanol–water partition coefficient (Wildman–Crippen LogP) is 6.87. The van der Waals surface area contributed by atoms with Crippen LogP contribution in [0.5, 0.6) is 5.75 Å². The fourth-order valence-corrected chi connectivity index (χ4v) is 9.82. The van der Waals surface area contributed by atoms with E-state index in [1.165, 1.54) is 28.2 Å². The SMILES string of the molecule is CO/N=C1\C[C@@H](CCC(=O)Nc2ncc(C)s2)C2C3CCc4c(cc(I)c(O)c4I)C3CC[C@]12C. The van der Waals surface area contributed by atoms with Gasteiger partial charge in [-0.1, -0.05) is 12.1 Å². The van der Waals surface area contributed by atoms with Gasteiger partial charge in [0.25, 0.3) is 0 Å². The second-order valence-corrected chi connectivity index (χ2v) is 13.9. The van der Waals surface area contributed by atoms with E-state index in [1.807, 2.05) is 6.92 Å². The molecule has 2 fully saturated rings. The van der Waals surface area contributed by atoms with Crippen LogP contribution in [0.1, 0.15) is 67.4 Å². The average molecular weight is 719 g/mol. The summed E-state index contributed by atoms with van der Waals surface area (Å²) in [6.45, 7) is 4.37. The number of oxime groups is 1. The van der Waals surface area contributed by atoms with Gasteiger partial charge in [-0.05, 0) is 131 Å². The van der Waals surface area contributed by atoms with Crippen LogP contribution in [0, 0.1) is 37.2 Å². The number of phenolic OH excluding ortho intramolecular Hbond substituents is 1. The number of fused-ring (bicyclic) bond motifs is 5. The van der Waals surface area contributed by atoms with Crippen molar-refractivity contribution < 1.29 is 14.7 Å². The number of carbonyl (C=O) groups excluding carboxylic acids is 1. The van der Waals surface area contributed by atoms with Gasteiger partial charge >= 0.3 is 0 Å². The number of carbonyl (C=O) groups is 1. The molecule has 35 heavy (non-hydrogen) atoms. The maximum absolute atomic E-state index is 12.8. The van der Waals surface area contributed by atoms with Gasteiger partial charge in [0.15, 0.2) is 5.13 Å². The second-order valence-electron chi connectivity index (χ2n) is 10.4. The van der Waals surface area contributed by atoms with Crippen molar-refractivity contribution in [2.45, 2.75) is 64.7 Å². The largest absolute Gasteiger partial charge is 0.506 e. The average Bonchev–Trinajstić information content (AvgIpc) is 3.36. The van der Waals surface area contributed by atoms with Crippen LogP contribution >= 0.6 is 56.5 Å². The molecule has 2 N–H and O–H groups in total. The molecule has 2 saturated carbocycles. The molecule has 3 aliphatic rings. The van der Waals surface area contributed by atoms with Crippen LogP contribution in [-0.4, -0.2) is 28.8 Å². The van der Waals surface area contributed by atoms with Crippen LogP contribution < -0.4 is 5.32 Å². The van der Waals surface area contributed by atoms with Gasteiger partial charge in [-0.2, -0.15) is 0 Å². The van der Waals surface area contributed by atoms with E-state index in [9.17, 15) is 9.90 Å². The molecule has 0 spiro atoms. The summed E-state index contributed by atoms with van der Waals surface area (Å²) in [5, 5.41) is 18.7. The Morgan fingerprint density at radius 3 is 2.91 bits per heavy atom. The van der Waals surface area contributed by atoms with Gasteiger partial charge < -0.3 is 15.3 Å². The van der Waals surface area contributed by atoms with Crippen LogP contribution in [-0.2, 0) is 16.1 Å². The molecule has 0 radical (unpaired) electrons. The number of aromatic nitrogens is 1. The van der Waals surface area contributed by atoms with Crippen molar-refractivity contribution >= 4 is 73.3 Å². The molecule has 3 unspecified atom stereocenters. The van der Waals surface area contributed by atoms with Crippen LogP contribution in [0.3, 0.4) is 0 Å². The van der Waals surface area contributed by atoms with E-state index < -0.39 is 0 Å². The highest BCUT2D eigenvalue weighted by Gasteiger charge is 2.57. The van der Waals surface area contributed by atoms with Crippen LogP contribution in [0.4, 0.5) is 5.13 Å². The molecule has 2 aromatic rings. The zero-order chi connectivity index (χ0) is 24.9. The first-order valence-electron chi connectivity index (χ1n) is 12.3. The van der Waals surface area contributed by atoms with Gasteiger partial charge in [0, 0.05) is 22.9 Å². The topological polar surface area (TPSA) is 83.8 Å².